The van der Waals surface area contributed by atoms with Gasteiger partial charge in [-0.1, -0.05) is 6.42 Å². The van der Waals surface area contributed by atoms with Gasteiger partial charge in [0.05, 0.1) is 11.3 Å². The predicted octanol–water partition coefficient (Wildman–Crippen LogP) is 2.47. The molecule has 18 heavy (non-hydrogen) atoms. The number of nitrogens with one attached hydrogen (secondary N) is 1. The number of carbonyl (C=O) groups is 1. The normalized spacial score (nSPS) is 23.6. The summed E-state index contributed by atoms with van der Waals surface area (Å²) in [6.07, 6.45) is 8.78. The van der Waals surface area contributed by atoms with Crippen LogP contribution in [-0.4, -0.2) is 10.9 Å². The van der Waals surface area contributed by atoms with Gasteiger partial charge in [0, 0.05) is 18.3 Å². The smallest absolute Gasteiger partial charge is 0.228 e. The summed E-state index contributed by atoms with van der Waals surface area (Å²) in [5.41, 5.74) is 1.30. The van der Waals surface area contributed by atoms with Crippen LogP contribution in [0.15, 0.2) is 18.5 Å². The van der Waals surface area contributed by atoms with Crippen LogP contribution in [0.3, 0.4) is 0 Å². The summed E-state index contributed by atoms with van der Waals surface area (Å²) in [4.78, 5) is 16.2. The van der Waals surface area contributed by atoms with Gasteiger partial charge in [0.15, 0.2) is 0 Å². The first-order chi connectivity index (χ1) is 8.75. The summed E-state index contributed by atoms with van der Waals surface area (Å²) in [7, 11) is 0. The molecule has 2 fully saturated rings. The quantitative estimate of drug-likeness (QED) is 0.865. The van der Waals surface area contributed by atoms with Gasteiger partial charge in [-0.3, -0.25) is 9.78 Å². The van der Waals surface area contributed by atoms with Gasteiger partial charge in [-0.15, -0.1) is 0 Å². The highest BCUT2D eigenvalue weighted by Crippen LogP contribution is 2.61. The molecule has 2 saturated carbocycles. The van der Waals surface area contributed by atoms with E-state index in [4.69, 9.17) is 5.26 Å². The van der Waals surface area contributed by atoms with Crippen molar-refractivity contribution in [1.29, 1.82) is 5.26 Å². The van der Waals surface area contributed by atoms with Gasteiger partial charge in [-0.25, -0.2) is 0 Å². The average Bonchev–Trinajstić information content (AvgIpc) is 3.01. The molecule has 1 aromatic rings. The zero-order valence-corrected chi connectivity index (χ0v) is 10.1. The lowest BCUT2D eigenvalue weighted by Gasteiger charge is -2.18. The summed E-state index contributed by atoms with van der Waals surface area (Å²) in [5, 5.41) is 11.9. The SMILES string of the molecule is N#Cc1cnccc1NC(=O)C1CCCC12CC2. The molecule has 0 aliphatic heterocycles. The number of aromatic nitrogens is 1. The maximum atomic E-state index is 12.3. The molecule has 92 valence electrons. The predicted molar refractivity (Wildman–Crippen MR) is 66.6 cm³/mol. The summed E-state index contributed by atoms with van der Waals surface area (Å²) < 4.78 is 0. The Hall–Kier alpha value is -1.89. The van der Waals surface area contributed by atoms with E-state index in [-0.39, 0.29) is 11.8 Å². The number of nitriles is 1. The Morgan fingerprint density at radius 2 is 2.33 bits per heavy atom. The Kier molecular flexibility index (Phi) is 2.55. The maximum absolute atomic E-state index is 12.3. The number of carbonyl (C=O) groups excluding carboxylic acids is 1. The monoisotopic (exact) mass is 241 g/mol. The van der Waals surface area contributed by atoms with Crippen LogP contribution < -0.4 is 5.32 Å². The van der Waals surface area contributed by atoms with Gasteiger partial charge in [0.2, 0.25) is 5.91 Å². The first-order valence-corrected chi connectivity index (χ1v) is 6.40. The largest absolute Gasteiger partial charge is 0.325 e. The third kappa shape index (κ3) is 1.76. The second kappa shape index (κ2) is 4.09. The van der Waals surface area contributed by atoms with E-state index < -0.39 is 0 Å². The Bertz CT molecular complexity index is 528. The third-order valence-electron chi connectivity index (χ3n) is 4.31. The van der Waals surface area contributed by atoms with Crippen molar-refractivity contribution in [2.45, 2.75) is 32.1 Å². The van der Waals surface area contributed by atoms with Crippen molar-refractivity contribution in [3.63, 3.8) is 0 Å². The van der Waals surface area contributed by atoms with E-state index in [1.807, 2.05) is 0 Å². The molecular weight excluding hydrogens is 226 g/mol. The van der Waals surface area contributed by atoms with E-state index in [0.717, 1.165) is 12.8 Å². The van der Waals surface area contributed by atoms with E-state index in [1.54, 1.807) is 12.3 Å². The van der Waals surface area contributed by atoms with Crippen molar-refractivity contribution < 1.29 is 4.79 Å². The highest BCUT2D eigenvalue weighted by molar-refractivity contribution is 5.94. The number of rotatable bonds is 2. The summed E-state index contributed by atoms with van der Waals surface area (Å²) in [6.45, 7) is 0. The molecular formula is C14H15N3O. The minimum atomic E-state index is 0.0766. The van der Waals surface area contributed by atoms with Crippen LogP contribution in [0.25, 0.3) is 0 Å². The lowest BCUT2D eigenvalue weighted by Crippen LogP contribution is -2.27. The molecule has 1 N–H and O–H groups in total. The number of anilines is 1. The minimum Gasteiger partial charge on any atom is -0.325 e. The Labute approximate surface area is 106 Å². The first kappa shape index (κ1) is 11.2. The fourth-order valence-electron chi connectivity index (χ4n) is 3.12. The average molecular weight is 241 g/mol. The zero-order valence-electron chi connectivity index (χ0n) is 10.1. The second-order valence-corrected chi connectivity index (χ2v) is 5.33. The second-order valence-electron chi connectivity index (χ2n) is 5.33. The molecule has 1 atom stereocenters. The molecule has 2 aliphatic rings. The molecule has 1 heterocycles. The molecule has 0 bridgehead atoms. The molecule has 2 aliphatic carbocycles. The van der Waals surface area contributed by atoms with Crippen molar-refractivity contribution >= 4 is 11.6 Å². The molecule has 1 aromatic heterocycles. The molecule has 0 saturated heterocycles. The highest BCUT2D eigenvalue weighted by Gasteiger charge is 2.54. The minimum absolute atomic E-state index is 0.0766. The molecule has 3 rings (SSSR count). The number of pyridine rings is 1. The van der Waals surface area contributed by atoms with Crippen LogP contribution in [0.5, 0.6) is 0 Å². The molecule has 0 aromatic carbocycles. The van der Waals surface area contributed by atoms with Crippen molar-refractivity contribution in [2.75, 3.05) is 5.32 Å². The van der Waals surface area contributed by atoms with Gasteiger partial charge < -0.3 is 5.32 Å². The van der Waals surface area contributed by atoms with Gasteiger partial charge in [-0.2, -0.15) is 5.26 Å². The molecule has 1 spiro atoms. The molecule has 4 heteroatoms. The number of hydrogen-bond acceptors (Lipinski definition) is 3. The van der Waals surface area contributed by atoms with Crippen LogP contribution in [0.1, 0.15) is 37.7 Å². The summed E-state index contributed by atoms with van der Waals surface area (Å²) >= 11 is 0. The molecule has 0 radical (unpaired) electrons. The van der Waals surface area contributed by atoms with E-state index in [2.05, 4.69) is 16.4 Å². The lowest BCUT2D eigenvalue weighted by atomic mass is 9.92. The molecule has 4 nitrogen and oxygen atoms in total. The third-order valence-corrected chi connectivity index (χ3v) is 4.31. The lowest BCUT2D eigenvalue weighted by molar-refractivity contribution is -0.121. The molecule has 1 amide bonds. The van der Waals surface area contributed by atoms with Crippen LogP contribution >= 0.6 is 0 Å². The van der Waals surface area contributed by atoms with Crippen molar-refractivity contribution in [3.8, 4) is 6.07 Å². The van der Waals surface area contributed by atoms with Gasteiger partial charge in [0.25, 0.3) is 0 Å². The summed E-state index contributed by atoms with van der Waals surface area (Å²) in [6, 6.07) is 3.74. The van der Waals surface area contributed by atoms with E-state index in [9.17, 15) is 4.79 Å². The van der Waals surface area contributed by atoms with Crippen molar-refractivity contribution in [3.05, 3.63) is 24.0 Å². The first-order valence-electron chi connectivity index (χ1n) is 6.40. The van der Waals surface area contributed by atoms with Crippen molar-refractivity contribution in [2.24, 2.45) is 11.3 Å². The van der Waals surface area contributed by atoms with Gasteiger partial charge in [-0.05, 0) is 37.2 Å². The maximum Gasteiger partial charge on any atom is 0.228 e. The van der Waals surface area contributed by atoms with Crippen LogP contribution in [0, 0.1) is 22.7 Å². The van der Waals surface area contributed by atoms with Gasteiger partial charge in [0.1, 0.15) is 6.07 Å². The Balaban J connectivity index is 1.77. The van der Waals surface area contributed by atoms with Crippen LogP contribution in [0.2, 0.25) is 0 Å². The number of nitrogens with zero attached hydrogens (tertiary/aromatic N) is 2. The van der Waals surface area contributed by atoms with E-state index in [1.165, 1.54) is 25.5 Å². The fourth-order valence-corrected chi connectivity index (χ4v) is 3.12. The van der Waals surface area contributed by atoms with Gasteiger partial charge >= 0.3 is 0 Å². The number of amides is 1. The number of hydrogen-bond donors (Lipinski definition) is 1. The Morgan fingerprint density at radius 1 is 1.50 bits per heavy atom. The molecule has 1 unspecified atom stereocenters. The van der Waals surface area contributed by atoms with Crippen molar-refractivity contribution in [1.82, 2.24) is 4.98 Å². The zero-order chi connectivity index (χ0) is 12.6. The highest BCUT2D eigenvalue weighted by atomic mass is 16.1. The Morgan fingerprint density at radius 3 is 3.06 bits per heavy atom. The standard InChI is InChI=1S/C14H15N3O/c15-8-10-9-16-7-3-12(10)17-13(18)11-2-1-4-14(11)5-6-14/h3,7,9,11H,1-2,4-6H2,(H,16,17,18). The van der Waals surface area contributed by atoms with E-state index >= 15 is 0 Å². The fraction of sp³-hybridized carbons (Fsp3) is 0.500. The summed E-state index contributed by atoms with van der Waals surface area (Å²) in [5.74, 6) is 0.213. The van der Waals surface area contributed by atoms with Crippen LogP contribution in [0.4, 0.5) is 5.69 Å². The topological polar surface area (TPSA) is 65.8 Å². The van der Waals surface area contributed by atoms with Crippen LogP contribution in [-0.2, 0) is 4.79 Å². The van der Waals surface area contributed by atoms with E-state index in [0.29, 0.717) is 16.7 Å².